The number of piperazine rings is 1. The van der Waals surface area contributed by atoms with Crippen LogP contribution >= 0.6 is 0 Å². The van der Waals surface area contributed by atoms with Gasteiger partial charge in [0, 0.05) is 32.2 Å². The normalized spacial score (nSPS) is 27.9. The summed E-state index contributed by atoms with van der Waals surface area (Å²) in [7, 11) is 1.72. The van der Waals surface area contributed by atoms with Crippen molar-refractivity contribution in [1.82, 2.24) is 10.2 Å². The Labute approximate surface area is 164 Å². The van der Waals surface area contributed by atoms with Crippen LogP contribution in [0.15, 0.2) is 24.3 Å². The Morgan fingerprint density at radius 3 is 2.56 bits per heavy atom. The Bertz CT molecular complexity index is 628. The molecule has 1 saturated carbocycles. The van der Waals surface area contributed by atoms with E-state index in [4.69, 9.17) is 4.74 Å². The van der Waals surface area contributed by atoms with Gasteiger partial charge in [-0.3, -0.25) is 9.69 Å². The molecule has 1 aromatic carbocycles. The average molecular weight is 374 g/mol. The van der Waals surface area contributed by atoms with E-state index in [1.165, 1.54) is 12.8 Å². The van der Waals surface area contributed by atoms with E-state index >= 15 is 0 Å². The Hall–Kier alpha value is -1.75. The van der Waals surface area contributed by atoms with E-state index in [0.29, 0.717) is 17.9 Å². The van der Waals surface area contributed by atoms with Crippen molar-refractivity contribution >= 4 is 11.6 Å². The summed E-state index contributed by atoms with van der Waals surface area (Å²) in [6, 6.07) is 8.42. The quantitative estimate of drug-likeness (QED) is 0.861. The molecule has 1 heterocycles. The maximum Gasteiger partial charge on any atom is 0.237 e. The maximum atomic E-state index is 12.8. The zero-order valence-corrected chi connectivity index (χ0v) is 17.3. The smallest absolute Gasteiger partial charge is 0.237 e. The number of hydrogen-bond donors (Lipinski definition) is 1. The largest absolute Gasteiger partial charge is 0.495 e. The highest BCUT2D eigenvalue weighted by molar-refractivity contribution is 5.81. The highest BCUT2D eigenvalue weighted by atomic mass is 16.5. The van der Waals surface area contributed by atoms with Crippen LogP contribution in [0.4, 0.5) is 5.69 Å². The highest BCUT2D eigenvalue weighted by Gasteiger charge is 2.31. The number of carbonyl (C=O) groups excluding carboxylic acids is 1. The molecule has 27 heavy (non-hydrogen) atoms. The fourth-order valence-electron chi connectivity index (χ4n) is 4.50. The number of rotatable bonds is 5. The van der Waals surface area contributed by atoms with Crippen molar-refractivity contribution < 1.29 is 9.53 Å². The lowest BCUT2D eigenvalue weighted by Crippen LogP contribution is -2.56. The molecule has 1 saturated heterocycles. The van der Waals surface area contributed by atoms with E-state index < -0.39 is 0 Å². The molecule has 1 aromatic rings. The van der Waals surface area contributed by atoms with Crippen LogP contribution < -0.4 is 15.0 Å². The van der Waals surface area contributed by atoms with Gasteiger partial charge in [0.15, 0.2) is 0 Å². The summed E-state index contributed by atoms with van der Waals surface area (Å²) in [5, 5.41) is 3.34. The zero-order chi connectivity index (χ0) is 19.4. The molecular formula is C22H35N3O2. The number of amides is 1. The maximum absolute atomic E-state index is 12.8. The van der Waals surface area contributed by atoms with E-state index in [-0.39, 0.29) is 11.9 Å². The number of hydrogen-bond acceptors (Lipinski definition) is 4. The molecule has 150 valence electrons. The third-order valence-corrected chi connectivity index (χ3v) is 6.70. The first-order valence-electron chi connectivity index (χ1n) is 10.4. The molecule has 1 aliphatic carbocycles. The summed E-state index contributed by atoms with van der Waals surface area (Å²) in [6.45, 7) is 10.2. The van der Waals surface area contributed by atoms with Gasteiger partial charge < -0.3 is 15.0 Å². The third kappa shape index (κ3) is 4.57. The van der Waals surface area contributed by atoms with Crippen molar-refractivity contribution in [2.45, 2.75) is 52.1 Å². The van der Waals surface area contributed by atoms with Crippen molar-refractivity contribution in [2.75, 3.05) is 38.2 Å². The lowest BCUT2D eigenvalue weighted by Gasteiger charge is -2.40. The van der Waals surface area contributed by atoms with E-state index in [2.05, 4.69) is 35.0 Å². The molecule has 2 aliphatic rings. The van der Waals surface area contributed by atoms with Gasteiger partial charge >= 0.3 is 0 Å². The molecule has 2 fully saturated rings. The summed E-state index contributed by atoms with van der Waals surface area (Å²) in [4.78, 5) is 17.5. The van der Waals surface area contributed by atoms with E-state index in [9.17, 15) is 4.79 Å². The Kier molecular flexibility index (Phi) is 6.64. The molecule has 0 bridgehead atoms. The second-order valence-corrected chi connectivity index (χ2v) is 8.25. The van der Waals surface area contributed by atoms with Gasteiger partial charge in [-0.15, -0.1) is 0 Å². The molecule has 4 unspecified atom stereocenters. The van der Waals surface area contributed by atoms with Crippen LogP contribution in [-0.2, 0) is 4.79 Å². The van der Waals surface area contributed by atoms with Gasteiger partial charge in [0.1, 0.15) is 5.75 Å². The molecule has 4 atom stereocenters. The van der Waals surface area contributed by atoms with E-state index in [1.807, 2.05) is 25.1 Å². The number of methoxy groups -OCH3 is 1. The van der Waals surface area contributed by atoms with Crippen molar-refractivity contribution in [3.8, 4) is 5.75 Å². The summed E-state index contributed by atoms with van der Waals surface area (Å²) in [5.41, 5.74) is 1.14. The van der Waals surface area contributed by atoms with E-state index in [1.54, 1.807) is 7.11 Å². The molecule has 0 aromatic heterocycles. The van der Waals surface area contributed by atoms with Crippen LogP contribution in [0.2, 0.25) is 0 Å². The molecule has 1 aliphatic heterocycles. The molecule has 5 nitrogen and oxygen atoms in total. The minimum Gasteiger partial charge on any atom is -0.495 e. The van der Waals surface area contributed by atoms with Crippen LogP contribution in [-0.4, -0.2) is 56.2 Å². The minimum atomic E-state index is -0.0748. The fourth-order valence-corrected chi connectivity index (χ4v) is 4.50. The number of carbonyl (C=O) groups is 1. The Balaban J connectivity index is 1.53. The highest BCUT2D eigenvalue weighted by Crippen LogP contribution is 2.30. The lowest BCUT2D eigenvalue weighted by molar-refractivity contribution is -0.127. The predicted octanol–water partition coefficient (Wildman–Crippen LogP) is 3.15. The van der Waals surface area contributed by atoms with Crippen LogP contribution in [0, 0.1) is 11.8 Å². The molecule has 3 rings (SSSR count). The van der Waals surface area contributed by atoms with Gasteiger partial charge in [0.25, 0.3) is 0 Å². The zero-order valence-electron chi connectivity index (χ0n) is 17.3. The van der Waals surface area contributed by atoms with Crippen molar-refractivity contribution in [1.29, 1.82) is 0 Å². The van der Waals surface area contributed by atoms with Crippen molar-refractivity contribution in [2.24, 2.45) is 11.8 Å². The first-order chi connectivity index (χ1) is 13.0. The monoisotopic (exact) mass is 373 g/mol. The van der Waals surface area contributed by atoms with Crippen LogP contribution in [0.5, 0.6) is 5.75 Å². The van der Waals surface area contributed by atoms with Gasteiger partial charge in [-0.2, -0.15) is 0 Å². The first-order valence-corrected chi connectivity index (χ1v) is 10.4. The van der Waals surface area contributed by atoms with Crippen LogP contribution in [0.25, 0.3) is 0 Å². The van der Waals surface area contributed by atoms with Crippen LogP contribution in [0.1, 0.15) is 40.0 Å². The SMILES string of the molecule is COc1ccccc1N1CCN(C(C)C(=O)NC2CCCC(C)C2C)CC1. The van der Waals surface area contributed by atoms with Crippen molar-refractivity contribution in [3.63, 3.8) is 0 Å². The molecule has 0 radical (unpaired) electrons. The van der Waals surface area contributed by atoms with Gasteiger partial charge in [-0.25, -0.2) is 0 Å². The number of ether oxygens (including phenoxy) is 1. The number of benzene rings is 1. The first kappa shape index (κ1) is 20.0. The second kappa shape index (κ2) is 8.96. The molecule has 0 spiro atoms. The third-order valence-electron chi connectivity index (χ3n) is 6.70. The molecule has 1 amide bonds. The second-order valence-electron chi connectivity index (χ2n) is 8.25. The summed E-state index contributed by atoms with van der Waals surface area (Å²) >= 11 is 0. The Morgan fingerprint density at radius 2 is 1.85 bits per heavy atom. The van der Waals surface area contributed by atoms with Crippen molar-refractivity contribution in [3.05, 3.63) is 24.3 Å². The van der Waals surface area contributed by atoms with Gasteiger partial charge in [0.05, 0.1) is 18.8 Å². The number of anilines is 1. The predicted molar refractivity (Wildman–Crippen MR) is 110 cm³/mol. The number of nitrogens with zero attached hydrogens (tertiary/aromatic N) is 2. The van der Waals surface area contributed by atoms with Gasteiger partial charge in [0.2, 0.25) is 5.91 Å². The minimum absolute atomic E-state index is 0.0748. The van der Waals surface area contributed by atoms with Gasteiger partial charge in [-0.05, 0) is 37.3 Å². The summed E-state index contributed by atoms with van der Waals surface area (Å²) in [6.07, 6.45) is 3.63. The van der Waals surface area contributed by atoms with Gasteiger partial charge in [-0.1, -0.05) is 38.8 Å². The fraction of sp³-hybridized carbons (Fsp3) is 0.682. The standard InChI is InChI=1S/C22H35N3O2/c1-16-8-7-9-19(17(16)2)23-22(26)18(3)24-12-14-25(15-13-24)20-10-5-6-11-21(20)27-4/h5-6,10-11,16-19H,7-9,12-15H2,1-4H3,(H,23,26). The molecule has 5 heteroatoms. The molecular weight excluding hydrogens is 338 g/mol. The topological polar surface area (TPSA) is 44.8 Å². The number of para-hydroxylation sites is 2. The molecule has 1 N–H and O–H groups in total. The summed E-state index contributed by atoms with van der Waals surface area (Å²) < 4.78 is 5.49. The van der Waals surface area contributed by atoms with Crippen LogP contribution in [0.3, 0.4) is 0 Å². The Morgan fingerprint density at radius 1 is 1.15 bits per heavy atom. The lowest BCUT2D eigenvalue weighted by atomic mass is 9.78. The number of nitrogens with one attached hydrogen (secondary N) is 1. The average Bonchev–Trinajstić information content (AvgIpc) is 2.71. The van der Waals surface area contributed by atoms with E-state index in [0.717, 1.165) is 44.0 Å². The summed E-state index contributed by atoms with van der Waals surface area (Å²) in [5.74, 6) is 2.37.